The first-order valence-electron chi connectivity index (χ1n) is 9.64. The van der Waals surface area contributed by atoms with Crippen molar-refractivity contribution >= 4 is 23.3 Å². The van der Waals surface area contributed by atoms with Crippen molar-refractivity contribution in [2.24, 2.45) is 0 Å². The van der Waals surface area contributed by atoms with Crippen LogP contribution in [0, 0.1) is 0 Å². The molecule has 2 aromatic rings. The van der Waals surface area contributed by atoms with Crippen molar-refractivity contribution in [3.63, 3.8) is 0 Å². The van der Waals surface area contributed by atoms with E-state index in [1.54, 1.807) is 35.2 Å². The molecule has 0 atom stereocenters. The van der Waals surface area contributed by atoms with Crippen LogP contribution in [0.5, 0.6) is 11.5 Å². The number of ketones is 1. The second-order valence-electron chi connectivity index (χ2n) is 6.87. The second kappa shape index (κ2) is 10.3. The van der Waals surface area contributed by atoms with Gasteiger partial charge in [0.05, 0.1) is 5.02 Å². The fraction of sp³-hybridized carbons (Fsp3) is 0.364. The van der Waals surface area contributed by atoms with Gasteiger partial charge in [0, 0.05) is 38.3 Å². The monoisotopic (exact) mass is 416 g/mol. The summed E-state index contributed by atoms with van der Waals surface area (Å²) < 4.78 is 11.3. The summed E-state index contributed by atoms with van der Waals surface area (Å²) in [6, 6.07) is 14.3. The third kappa shape index (κ3) is 6.21. The molecule has 1 amide bonds. The maximum Gasteiger partial charge on any atom is 0.260 e. The molecule has 1 aliphatic rings. The zero-order chi connectivity index (χ0) is 20.6. The summed E-state index contributed by atoms with van der Waals surface area (Å²) in [5.41, 5.74) is 0.572. The van der Waals surface area contributed by atoms with Crippen LogP contribution in [0.2, 0.25) is 5.02 Å². The molecule has 29 heavy (non-hydrogen) atoms. The van der Waals surface area contributed by atoms with Crippen molar-refractivity contribution in [1.29, 1.82) is 0 Å². The zero-order valence-corrected chi connectivity index (χ0v) is 17.2. The summed E-state index contributed by atoms with van der Waals surface area (Å²) in [7, 11) is 0. The van der Waals surface area contributed by atoms with Gasteiger partial charge in [-0.1, -0.05) is 35.9 Å². The van der Waals surface area contributed by atoms with Crippen LogP contribution >= 0.6 is 11.6 Å². The van der Waals surface area contributed by atoms with Crippen LogP contribution in [0.25, 0.3) is 0 Å². The summed E-state index contributed by atoms with van der Waals surface area (Å²) in [6.45, 7) is 5.69. The Labute approximate surface area is 176 Å². The quantitative estimate of drug-likeness (QED) is 0.619. The first-order valence-corrected chi connectivity index (χ1v) is 10.0. The van der Waals surface area contributed by atoms with E-state index >= 15 is 0 Å². The summed E-state index contributed by atoms with van der Waals surface area (Å²) >= 11 is 6.09. The lowest BCUT2D eigenvalue weighted by Crippen LogP contribution is -2.50. The molecule has 3 rings (SSSR count). The molecule has 0 spiro atoms. The molecule has 0 aromatic heterocycles. The number of hydrogen-bond acceptors (Lipinski definition) is 5. The van der Waals surface area contributed by atoms with Gasteiger partial charge in [0.25, 0.3) is 5.91 Å². The Morgan fingerprint density at radius 2 is 1.76 bits per heavy atom. The first-order chi connectivity index (χ1) is 14.0. The second-order valence-corrected chi connectivity index (χ2v) is 7.28. The standard InChI is InChI=1S/C22H25ClN2O4/c1-17(26)18-5-4-6-19(15-18)29-16-22(27)25-11-9-24(10-12-25)13-14-28-21-8-3-2-7-20(21)23/h2-8,15H,9-14,16H2,1H3. The van der Waals surface area contributed by atoms with Gasteiger partial charge >= 0.3 is 0 Å². The number of rotatable bonds is 8. The lowest BCUT2D eigenvalue weighted by Gasteiger charge is -2.34. The minimum absolute atomic E-state index is 0.0308. The highest BCUT2D eigenvalue weighted by atomic mass is 35.5. The van der Waals surface area contributed by atoms with Gasteiger partial charge in [0.1, 0.15) is 18.1 Å². The number of amides is 1. The number of ether oxygens (including phenoxy) is 2. The Kier molecular flexibility index (Phi) is 7.49. The fourth-order valence-electron chi connectivity index (χ4n) is 3.11. The number of benzene rings is 2. The molecule has 1 fully saturated rings. The maximum atomic E-state index is 12.4. The number of halogens is 1. The molecule has 1 aliphatic heterocycles. The van der Waals surface area contributed by atoms with E-state index < -0.39 is 0 Å². The van der Waals surface area contributed by atoms with E-state index in [2.05, 4.69) is 4.90 Å². The van der Waals surface area contributed by atoms with E-state index in [1.807, 2.05) is 18.2 Å². The third-order valence-electron chi connectivity index (χ3n) is 4.83. The highest BCUT2D eigenvalue weighted by Crippen LogP contribution is 2.23. The van der Waals surface area contributed by atoms with Crippen molar-refractivity contribution in [3.05, 3.63) is 59.1 Å². The van der Waals surface area contributed by atoms with Gasteiger partial charge in [0.2, 0.25) is 0 Å². The van der Waals surface area contributed by atoms with Gasteiger partial charge in [0.15, 0.2) is 12.4 Å². The molecule has 6 nitrogen and oxygen atoms in total. The molecule has 0 radical (unpaired) electrons. The Morgan fingerprint density at radius 3 is 2.48 bits per heavy atom. The fourth-order valence-corrected chi connectivity index (χ4v) is 3.30. The van der Waals surface area contributed by atoms with Crippen molar-refractivity contribution in [1.82, 2.24) is 9.80 Å². The molecule has 2 aromatic carbocycles. The Bertz CT molecular complexity index is 850. The van der Waals surface area contributed by atoms with Gasteiger partial charge < -0.3 is 14.4 Å². The first kappa shape index (κ1) is 21.1. The lowest BCUT2D eigenvalue weighted by atomic mass is 10.1. The molecule has 1 heterocycles. The van der Waals surface area contributed by atoms with Crippen LogP contribution in [0.3, 0.4) is 0 Å². The van der Waals surface area contributed by atoms with Gasteiger partial charge in [-0.2, -0.15) is 0 Å². The molecular formula is C22H25ClN2O4. The maximum absolute atomic E-state index is 12.4. The van der Waals surface area contributed by atoms with Crippen LogP contribution in [0.4, 0.5) is 0 Å². The van der Waals surface area contributed by atoms with Gasteiger partial charge in [-0.05, 0) is 31.2 Å². The summed E-state index contributed by atoms with van der Waals surface area (Å²) in [6.07, 6.45) is 0. The number of carbonyl (C=O) groups excluding carboxylic acids is 2. The van der Waals surface area contributed by atoms with Crippen LogP contribution < -0.4 is 9.47 Å². The molecule has 0 bridgehead atoms. The van der Waals surface area contributed by atoms with Crippen LogP contribution in [-0.4, -0.2) is 67.4 Å². The predicted octanol–water partition coefficient (Wildman–Crippen LogP) is 3.14. The Morgan fingerprint density at radius 1 is 1.00 bits per heavy atom. The molecule has 154 valence electrons. The number of hydrogen-bond donors (Lipinski definition) is 0. The van der Waals surface area contributed by atoms with E-state index in [0.717, 1.165) is 19.6 Å². The van der Waals surface area contributed by atoms with E-state index in [1.165, 1.54) is 6.92 Å². The number of carbonyl (C=O) groups is 2. The summed E-state index contributed by atoms with van der Waals surface area (Å²) in [4.78, 5) is 27.9. The molecule has 1 saturated heterocycles. The van der Waals surface area contributed by atoms with Crippen LogP contribution in [0.1, 0.15) is 17.3 Å². The van der Waals surface area contributed by atoms with Crippen molar-refractivity contribution < 1.29 is 19.1 Å². The lowest BCUT2D eigenvalue weighted by molar-refractivity contribution is -0.135. The van der Waals surface area contributed by atoms with Gasteiger partial charge in [-0.25, -0.2) is 0 Å². The predicted molar refractivity (Wildman–Crippen MR) is 112 cm³/mol. The largest absolute Gasteiger partial charge is 0.491 e. The molecule has 0 unspecified atom stereocenters. The Balaban J connectivity index is 1.37. The number of para-hydroxylation sites is 1. The van der Waals surface area contributed by atoms with Gasteiger partial charge in [-0.15, -0.1) is 0 Å². The molecule has 0 saturated carbocycles. The minimum Gasteiger partial charge on any atom is -0.491 e. The SMILES string of the molecule is CC(=O)c1cccc(OCC(=O)N2CCN(CCOc3ccccc3Cl)CC2)c1. The van der Waals surface area contributed by atoms with Gasteiger partial charge in [-0.3, -0.25) is 14.5 Å². The molecule has 7 heteroatoms. The average molecular weight is 417 g/mol. The molecular weight excluding hydrogens is 392 g/mol. The average Bonchev–Trinajstić information content (AvgIpc) is 2.74. The summed E-state index contributed by atoms with van der Waals surface area (Å²) in [5, 5.41) is 0.608. The Hall–Kier alpha value is -2.57. The van der Waals surface area contributed by atoms with E-state index in [9.17, 15) is 9.59 Å². The highest BCUT2D eigenvalue weighted by molar-refractivity contribution is 6.32. The van der Waals surface area contributed by atoms with E-state index in [-0.39, 0.29) is 18.3 Å². The smallest absolute Gasteiger partial charge is 0.260 e. The zero-order valence-electron chi connectivity index (χ0n) is 16.5. The normalized spacial score (nSPS) is 14.5. The highest BCUT2D eigenvalue weighted by Gasteiger charge is 2.21. The number of piperazine rings is 1. The topological polar surface area (TPSA) is 59.1 Å². The van der Waals surface area contributed by atoms with Crippen molar-refractivity contribution in [2.45, 2.75) is 6.92 Å². The van der Waals surface area contributed by atoms with Crippen LogP contribution in [0.15, 0.2) is 48.5 Å². The third-order valence-corrected chi connectivity index (χ3v) is 5.14. The minimum atomic E-state index is -0.0507. The summed E-state index contributed by atoms with van der Waals surface area (Å²) in [5.74, 6) is 1.14. The van der Waals surface area contributed by atoms with E-state index in [0.29, 0.717) is 41.8 Å². The van der Waals surface area contributed by atoms with Crippen molar-refractivity contribution in [3.8, 4) is 11.5 Å². The number of nitrogens with zero attached hydrogens (tertiary/aromatic N) is 2. The van der Waals surface area contributed by atoms with Crippen LogP contribution in [-0.2, 0) is 4.79 Å². The van der Waals surface area contributed by atoms with Crippen molar-refractivity contribution in [2.75, 3.05) is 45.9 Å². The van der Waals surface area contributed by atoms with E-state index in [4.69, 9.17) is 21.1 Å². The molecule has 0 aliphatic carbocycles. The molecule has 0 N–H and O–H groups in total. The number of Topliss-reactive ketones (excluding diaryl/α,β-unsaturated/α-hetero) is 1.